The molecule has 3 aromatic rings. The number of carbonyl (C=O) groups is 1. The van der Waals surface area contributed by atoms with E-state index < -0.39 is 0 Å². The molecule has 0 radical (unpaired) electrons. The van der Waals surface area contributed by atoms with Crippen LogP contribution < -0.4 is 5.32 Å². The Morgan fingerprint density at radius 3 is 2.41 bits per heavy atom. The third kappa shape index (κ3) is 5.49. The average Bonchev–Trinajstić information content (AvgIpc) is 2.83. The lowest BCUT2D eigenvalue weighted by molar-refractivity contribution is 0.0989. The van der Waals surface area contributed by atoms with Gasteiger partial charge < -0.3 is 15.1 Å². The summed E-state index contributed by atoms with van der Waals surface area (Å²) in [5.41, 5.74) is 2.02. The summed E-state index contributed by atoms with van der Waals surface area (Å²) < 4.78 is 0. The summed E-state index contributed by atoms with van der Waals surface area (Å²) in [7, 11) is 0. The quantitative estimate of drug-likeness (QED) is 0.464. The zero-order valence-corrected chi connectivity index (χ0v) is 19.3. The monoisotopic (exact) mass is 429 g/mol. The zero-order valence-electron chi connectivity index (χ0n) is 19.3. The van der Waals surface area contributed by atoms with Crippen LogP contribution >= 0.6 is 0 Å². The van der Waals surface area contributed by atoms with Crippen molar-refractivity contribution in [3.63, 3.8) is 0 Å². The number of urea groups is 1. The Kier molecular flexibility index (Phi) is 7.43. The fourth-order valence-corrected chi connectivity index (χ4v) is 4.85. The normalized spacial score (nSPS) is 16.1. The fourth-order valence-electron chi connectivity index (χ4n) is 4.85. The summed E-state index contributed by atoms with van der Waals surface area (Å²) in [6, 6.07) is 25.6. The molecule has 0 aliphatic carbocycles. The highest BCUT2D eigenvalue weighted by Crippen LogP contribution is 2.24. The molecule has 0 aromatic heterocycles. The molecular formula is C28H35N3O. The average molecular weight is 430 g/mol. The molecule has 0 bridgehead atoms. The number of rotatable bonds is 7. The van der Waals surface area contributed by atoms with Gasteiger partial charge >= 0.3 is 6.03 Å². The van der Waals surface area contributed by atoms with Crippen LogP contribution in [0, 0.1) is 0 Å². The van der Waals surface area contributed by atoms with E-state index >= 15 is 0 Å². The highest BCUT2D eigenvalue weighted by molar-refractivity contribution is 5.93. The lowest BCUT2D eigenvalue weighted by Crippen LogP contribution is -2.50. The van der Waals surface area contributed by atoms with Gasteiger partial charge in [0.1, 0.15) is 0 Å². The number of benzene rings is 3. The predicted octanol–water partition coefficient (Wildman–Crippen LogP) is 6.53. The first kappa shape index (κ1) is 22.3. The second kappa shape index (κ2) is 10.6. The molecule has 32 heavy (non-hydrogen) atoms. The third-order valence-electron chi connectivity index (χ3n) is 6.73. The zero-order chi connectivity index (χ0) is 22.3. The van der Waals surface area contributed by atoms with Crippen molar-refractivity contribution < 1.29 is 4.79 Å². The van der Waals surface area contributed by atoms with Crippen molar-refractivity contribution in [2.75, 3.05) is 18.4 Å². The van der Waals surface area contributed by atoms with Gasteiger partial charge in [0, 0.05) is 37.4 Å². The van der Waals surface area contributed by atoms with Crippen LogP contribution in [-0.2, 0) is 6.54 Å². The maximum atomic E-state index is 13.5. The molecule has 1 atom stereocenters. The van der Waals surface area contributed by atoms with E-state index in [9.17, 15) is 4.79 Å². The first-order valence-electron chi connectivity index (χ1n) is 12.0. The van der Waals surface area contributed by atoms with Crippen molar-refractivity contribution in [3.05, 3.63) is 78.4 Å². The number of anilines is 1. The molecule has 1 N–H and O–H groups in total. The summed E-state index contributed by atoms with van der Waals surface area (Å²) in [4.78, 5) is 18.1. The molecular weight excluding hydrogens is 394 g/mol. The van der Waals surface area contributed by atoms with Gasteiger partial charge in [-0.2, -0.15) is 0 Å². The topological polar surface area (TPSA) is 35.6 Å². The molecule has 4 heteroatoms. The standard InChI is InChI=1S/C28H35N3O/c1-3-9-22(2)30-18-16-27(17-19-30)31(21-23-10-5-4-6-11-23)28(32)29-26-15-14-24-12-7-8-13-25(24)20-26/h4-8,10-15,20,22,27H,3,9,16-19,21H2,1-2H3,(H,29,32). The fraction of sp³-hybridized carbons (Fsp3) is 0.393. The molecule has 0 saturated carbocycles. The van der Waals surface area contributed by atoms with E-state index in [1.54, 1.807) is 0 Å². The summed E-state index contributed by atoms with van der Waals surface area (Å²) in [6.45, 7) is 7.33. The highest BCUT2D eigenvalue weighted by atomic mass is 16.2. The van der Waals surface area contributed by atoms with Gasteiger partial charge in [0.15, 0.2) is 0 Å². The molecule has 4 rings (SSSR count). The van der Waals surface area contributed by atoms with Crippen LogP contribution in [-0.4, -0.2) is 41.0 Å². The molecule has 1 saturated heterocycles. The molecule has 1 unspecified atom stereocenters. The number of piperidine rings is 1. The summed E-state index contributed by atoms with van der Waals surface area (Å²) in [5, 5.41) is 5.50. The Hall–Kier alpha value is -2.85. The molecule has 168 valence electrons. The van der Waals surface area contributed by atoms with E-state index in [0.717, 1.165) is 37.0 Å². The molecule has 2 amide bonds. The van der Waals surface area contributed by atoms with Crippen LogP contribution in [0.25, 0.3) is 10.8 Å². The second-order valence-electron chi connectivity index (χ2n) is 9.01. The number of carbonyl (C=O) groups excluding carboxylic acids is 1. The smallest absolute Gasteiger partial charge is 0.317 e. The molecule has 4 nitrogen and oxygen atoms in total. The Balaban J connectivity index is 1.49. The second-order valence-corrected chi connectivity index (χ2v) is 9.01. The van der Waals surface area contributed by atoms with Crippen molar-refractivity contribution in [1.29, 1.82) is 0 Å². The van der Waals surface area contributed by atoms with Crippen molar-refractivity contribution in [2.24, 2.45) is 0 Å². The largest absolute Gasteiger partial charge is 0.322 e. The number of nitrogens with zero attached hydrogens (tertiary/aromatic N) is 2. The number of nitrogens with one attached hydrogen (secondary N) is 1. The van der Waals surface area contributed by atoms with Gasteiger partial charge in [-0.1, -0.05) is 74.0 Å². The minimum Gasteiger partial charge on any atom is -0.317 e. The Labute approximate surface area is 192 Å². The van der Waals surface area contributed by atoms with Crippen molar-refractivity contribution >= 4 is 22.5 Å². The first-order chi connectivity index (χ1) is 15.6. The van der Waals surface area contributed by atoms with Crippen LogP contribution in [0.4, 0.5) is 10.5 Å². The SMILES string of the molecule is CCCC(C)N1CCC(N(Cc2ccccc2)C(=O)Nc2ccc3ccccc3c2)CC1. The van der Waals surface area contributed by atoms with Gasteiger partial charge in [-0.3, -0.25) is 0 Å². The van der Waals surface area contributed by atoms with E-state index in [-0.39, 0.29) is 12.1 Å². The van der Waals surface area contributed by atoms with Crippen LogP contribution in [0.3, 0.4) is 0 Å². The maximum absolute atomic E-state index is 13.5. The van der Waals surface area contributed by atoms with Crippen molar-refractivity contribution in [3.8, 4) is 0 Å². The van der Waals surface area contributed by atoms with Gasteiger partial charge in [0.25, 0.3) is 0 Å². The van der Waals surface area contributed by atoms with Gasteiger partial charge in [-0.15, -0.1) is 0 Å². The molecule has 1 aliphatic rings. The number of hydrogen-bond acceptors (Lipinski definition) is 2. The summed E-state index contributed by atoms with van der Waals surface area (Å²) in [5.74, 6) is 0. The van der Waals surface area contributed by atoms with Crippen LogP contribution in [0.1, 0.15) is 45.1 Å². The van der Waals surface area contributed by atoms with Crippen LogP contribution in [0.15, 0.2) is 72.8 Å². The molecule has 3 aromatic carbocycles. The van der Waals surface area contributed by atoms with Gasteiger partial charge in [-0.25, -0.2) is 4.79 Å². The van der Waals surface area contributed by atoms with Gasteiger partial charge in [-0.05, 0) is 54.7 Å². The minimum atomic E-state index is -0.0100. The van der Waals surface area contributed by atoms with E-state index in [1.165, 1.54) is 23.8 Å². The van der Waals surface area contributed by atoms with E-state index in [4.69, 9.17) is 0 Å². The predicted molar refractivity (Wildman–Crippen MR) is 134 cm³/mol. The number of likely N-dealkylation sites (tertiary alicyclic amines) is 1. The number of hydrogen-bond donors (Lipinski definition) is 1. The Morgan fingerprint density at radius 1 is 1.00 bits per heavy atom. The molecule has 0 spiro atoms. The lowest BCUT2D eigenvalue weighted by Gasteiger charge is -2.40. The number of fused-ring (bicyclic) bond motifs is 1. The van der Waals surface area contributed by atoms with Crippen LogP contribution in [0.5, 0.6) is 0 Å². The number of amides is 2. The van der Waals surface area contributed by atoms with E-state index in [0.29, 0.717) is 12.6 Å². The Bertz CT molecular complexity index is 1010. The van der Waals surface area contributed by atoms with Crippen LogP contribution in [0.2, 0.25) is 0 Å². The molecule has 1 fully saturated rings. The maximum Gasteiger partial charge on any atom is 0.322 e. The van der Waals surface area contributed by atoms with E-state index in [2.05, 4.69) is 60.5 Å². The molecule has 1 aliphatic heterocycles. The summed E-state index contributed by atoms with van der Waals surface area (Å²) in [6.07, 6.45) is 4.49. The first-order valence-corrected chi connectivity index (χ1v) is 12.0. The Morgan fingerprint density at radius 2 is 1.69 bits per heavy atom. The van der Waals surface area contributed by atoms with Crippen molar-refractivity contribution in [2.45, 2.75) is 58.2 Å². The van der Waals surface area contributed by atoms with E-state index in [1.807, 2.05) is 41.3 Å². The summed E-state index contributed by atoms with van der Waals surface area (Å²) >= 11 is 0. The van der Waals surface area contributed by atoms with Gasteiger partial charge in [0.2, 0.25) is 0 Å². The lowest BCUT2D eigenvalue weighted by atomic mass is 10.00. The third-order valence-corrected chi connectivity index (χ3v) is 6.73. The molecule has 1 heterocycles. The highest BCUT2D eigenvalue weighted by Gasteiger charge is 2.29. The van der Waals surface area contributed by atoms with Crippen molar-refractivity contribution in [1.82, 2.24) is 9.80 Å². The van der Waals surface area contributed by atoms with Gasteiger partial charge in [0.05, 0.1) is 0 Å². The minimum absolute atomic E-state index is 0.0100.